The Bertz CT molecular complexity index is 877. The van der Waals surface area contributed by atoms with Crippen LogP contribution in [-0.4, -0.2) is 52.4 Å². The second-order valence-corrected chi connectivity index (χ2v) is 8.97. The van der Waals surface area contributed by atoms with Crippen LogP contribution < -0.4 is 0 Å². The molecule has 1 saturated carbocycles. The van der Waals surface area contributed by atoms with Crippen molar-refractivity contribution in [3.8, 4) is 5.75 Å². The molecule has 2 aliphatic rings. The number of carbonyl (C=O) groups is 1. The molecule has 29 heavy (non-hydrogen) atoms. The van der Waals surface area contributed by atoms with Gasteiger partial charge in [0.2, 0.25) is 0 Å². The summed E-state index contributed by atoms with van der Waals surface area (Å²) in [5, 5.41) is 10.1. The maximum absolute atomic E-state index is 12.0. The van der Waals surface area contributed by atoms with Crippen molar-refractivity contribution in [1.82, 2.24) is 9.80 Å². The summed E-state index contributed by atoms with van der Waals surface area (Å²) in [6.45, 7) is 9.49. The zero-order chi connectivity index (χ0) is 20.5. The number of hydrogen-bond donors (Lipinski definition) is 1. The summed E-state index contributed by atoms with van der Waals surface area (Å²) in [5.41, 5.74) is 2.92. The lowest BCUT2D eigenvalue weighted by Gasteiger charge is -2.48. The summed E-state index contributed by atoms with van der Waals surface area (Å²) < 4.78 is 0. The van der Waals surface area contributed by atoms with Crippen molar-refractivity contribution in [3.63, 3.8) is 0 Å². The van der Waals surface area contributed by atoms with Gasteiger partial charge in [-0.05, 0) is 68.9 Å². The normalized spacial score (nSPS) is 24.4. The van der Waals surface area contributed by atoms with Crippen molar-refractivity contribution in [2.24, 2.45) is 5.92 Å². The van der Waals surface area contributed by atoms with E-state index in [0.717, 1.165) is 35.7 Å². The summed E-state index contributed by atoms with van der Waals surface area (Å²) in [6.07, 6.45) is 2.76. The van der Waals surface area contributed by atoms with Crippen LogP contribution in [0.1, 0.15) is 61.1 Å². The van der Waals surface area contributed by atoms with E-state index in [1.54, 1.807) is 13.0 Å². The first-order valence-corrected chi connectivity index (χ1v) is 10.8. The smallest absolute Gasteiger partial charge is 0.159 e. The van der Waals surface area contributed by atoms with Crippen LogP contribution in [0.4, 0.5) is 0 Å². The molecular weight excluding hydrogens is 360 g/mol. The van der Waals surface area contributed by atoms with Crippen LogP contribution in [0.2, 0.25) is 0 Å². The van der Waals surface area contributed by atoms with E-state index in [-0.39, 0.29) is 17.6 Å². The van der Waals surface area contributed by atoms with E-state index in [1.165, 1.54) is 19.4 Å². The standard InChI is InChI=1S/C25H32N2O2/c1-17-15-27(18(2)14-26(17)16-20-10-11-20)25(23-8-5-9-24(29)13-23)22-7-4-6-21(12-22)19(3)28/h4-9,12-13,17-18,20,25,29H,10-11,14-16H2,1-3H3/t17-,18+,25+/m1/s1. The van der Waals surface area contributed by atoms with Gasteiger partial charge in [-0.1, -0.05) is 30.3 Å². The van der Waals surface area contributed by atoms with Gasteiger partial charge < -0.3 is 5.11 Å². The molecule has 1 saturated heterocycles. The molecule has 1 aliphatic carbocycles. The van der Waals surface area contributed by atoms with Gasteiger partial charge in [-0.25, -0.2) is 0 Å². The SMILES string of the molecule is CC(=O)c1cccc([C@@H](c2cccc(O)c2)N2C[C@@H](C)N(CC3CC3)C[C@@H]2C)c1. The first-order valence-electron chi connectivity index (χ1n) is 10.8. The Morgan fingerprint density at radius 3 is 2.38 bits per heavy atom. The molecular formula is C25H32N2O2. The molecule has 0 unspecified atom stereocenters. The zero-order valence-corrected chi connectivity index (χ0v) is 17.7. The minimum absolute atomic E-state index is 0.0157. The minimum Gasteiger partial charge on any atom is -0.508 e. The highest BCUT2D eigenvalue weighted by Crippen LogP contribution is 2.36. The Balaban J connectivity index is 1.68. The van der Waals surface area contributed by atoms with E-state index in [2.05, 4.69) is 35.8 Å². The molecule has 3 atom stereocenters. The average Bonchev–Trinajstić information content (AvgIpc) is 3.50. The van der Waals surface area contributed by atoms with E-state index in [4.69, 9.17) is 0 Å². The first-order chi connectivity index (χ1) is 13.9. The van der Waals surface area contributed by atoms with Crippen LogP contribution in [0.15, 0.2) is 48.5 Å². The number of nitrogens with zero attached hydrogens (tertiary/aromatic N) is 2. The van der Waals surface area contributed by atoms with Crippen molar-refractivity contribution in [2.45, 2.75) is 51.7 Å². The van der Waals surface area contributed by atoms with Gasteiger partial charge in [-0.2, -0.15) is 0 Å². The fraction of sp³-hybridized carbons (Fsp3) is 0.480. The van der Waals surface area contributed by atoms with Crippen molar-refractivity contribution < 1.29 is 9.90 Å². The van der Waals surface area contributed by atoms with Crippen molar-refractivity contribution in [3.05, 3.63) is 65.2 Å². The quantitative estimate of drug-likeness (QED) is 0.736. The van der Waals surface area contributed by atoms with Gasteiger partial charge >= 0.3 is 0 Å². The van der Waals surface area contributed by atoms with E-state index in [0.29, 0.717) is 12.1 Å². The van der Waals surface area contributed by atoms with Crippen LogP contribution in [0.5, 0.6) is 5.75 Å². The van der Waals surface area contributed by atoms with Gasteiger partial charge in [-0.3, -0.25) is 14.6 Å². The summed E-state index contributed by atoms with van der Waals surface area (Å²) >= 11 is 0. The summed E-state index contributed by atoms with van der Waals surface area (Å²) in [4.78, 5) is 17.2. The highest BCUT2D eigenvalue weighted by atomic mass is 16.3. The number of phenols is 1. The zero-order valence-electron chi connectivity index (χ0n) is 17.7. The molecule has 4 nitrogen and oxygen atoms in total. The van der Waals surface area contributed by atoms with E-state index >= 15 is 0 Å². The number of piperazine rings is 1. The molecule has 0 radical (unpaired) electrons. The number of ketones is 1. The fourth-order valence-corrected chi connectivity index (χ4v) is 4.67. The molecule has 0 aromatic heterocycles. The van der Waals surface area contributed by atoms with Crippen LogP contribution in [0.25, 0.3) is 0 Å². The van der Waals surface area contributed by atoms with Gasteiger partial charge in [0.25, 0.3) is 0 Å². The van der Waals surface area contributed by atoms with Crippen LogP contribution >= 0.6 is 0 Å². The minimum atomic E-state index is 0.0157. The number of aromatic hydroxyl groups is 1. The van der Waals surface area contributed by atoms with Crippen LogP contribution in [0.3, 0.4) is 0 Å². The highest BCUT2D eigenvalue weighted by molar-refractivity contribution is 5.94. The van der Waals surface area contributed by atoms with Gasteiger partial charge in [0.05, 0.1) is 6.04 Å². The van der Waals surface area contributed by atoms with Crippen molar-refractivity contribution in [2.75, 3.05) is 19.6 Å². The molecule has 4 rings (SSSR count). The highest BCUT2D eigenvalue weighted by Gasteiger charge is 2.37. The molecule has 0 amide bonds. The summed E-state index contributed by atoms with van der Waals surface area (Å²) in [6, 6.07) is 16.4. The lowest BCUT2D eigenvalue weighted by atomic mass is 9.92. The molecule has 0 spiro atoms. The van der Waals surface area contributed by atoms with Gasteiger partial charge in [-0.15, -0.1) is 0 Å². The molecule has 2 fully saturated rings. The molecule has 2 aromatic rings. The second-order valence-electron chi connectivity index (χ2n) is 8.97. The third-order valence-corrected chi connectivity index (χ3v) is 6.48. The molecule has 2 aromatic carbocycles. The Labute approximate surface area is 174 Å². The second kappa shape index (κ2) is 8.29. The Morgan fingerprint density at radius 1 is 1.03 bits per heavy atom. The number of Topliss-reactive ketones (excluding diaryl/α,β-unsaturated/α-hetero) is 1. The van der Waals surface area contributed by atoms with Gasteiger partial charge in [0.15, 0.2) is 5.78 Å². The number of carbonyl (C=O) groups excluding carboxylic acids is 1. The van der Waals surface area contributed by atoms with Crippen molar-refractivity contribution in [1.29, 1.82) is 0 Å². The van der Waals surface area contributed by atoms with Gasteiger partial charge in [0, 0.05) is 37.3 Å². The first kappa shape index (κ1) is 20.1. The summed E-state index contributed by atoms with van der Waals surface area (Å²) in [5.74, 6) is 1.26. The number of benzene rings is 2. The third kappa shape index (κ3) is 4.54. The Kier molecular flexibility index (Phi) is 5.75. The lowest BCUT2D eigenvalue weighted by Crippen LogP contribution is -2.57. The largest absolute Gasteiger partial charge is 0.508 e. The molecule has 0 bridgehead atoms. The topological polar surface area (TPSA) is 43.8 Å². The van der Waals surface area contributed by atoms with E-state index in [9.17, 15) is 9.90 Å². The molecule has 154 valence electrons. The van der Waals surface area contributed by atoms with Gasteiger partial charge in [0.1, 0.15) is 5.75 Å². The molecule has 1 heterocycles. The number of rotatable bonds is 6. The van der Waals surface area contributed by atoms with Crippen LogP contribution in [0, 0.1) is 5.92 Å². The predicted octanol–water partition coefficient (Wildman–Crippen LogP) is 4.49. The van der Waals surface area contributed by atoms with Crippen molar-refractivity contribution >= 4 is 5.78 Å². The third-order valence-electron chi connectivity index (χ3n) is 6.48. The van der Waals surface area contributed by atoms with E-state index < -0.39 is 0 Å². The average molecular weight is 393 g/mol. The number of phenolic OH excluding ortho intramolecular Hbond substituents is 1. The number of hydrogen-bond acceptors (Lipinski definition) is 4. The molecule has 1 N–H and O–H groups in total. The monoisotopic (exact) mass is 392 g/mol. The van der Waals surface area contributed by atoms with Crippen LogP contribution in [-0.2, 0) is 0 Å². The Morgan fingerprint density at radius 2 is 1.72 bits per heavy atom. The predicted molar refractivity (Wildman–Crippen MR) is 116 cm³/mol. The van der Waals surface area contributed by atoms with E-state index in [1.807, 2.05) is 30.3 Å². The fourth-order valence-electron chi connectivity index (χ4n) is 4.67. The maximum Gasteiger partial charge on any atom is 0.159 e. The summed E-state index contributed by atoms with van der Waals surface area (Å²) in [7, 11) is 0. The Hall–Kier alpha value is -2.17. The lowest BCUT2D eigenvalue weighted by molar-refractivity contribution is 0.0216. The maximum atomic E-state index is 12.0. The molecule has 1 aliphatic heterocycles. The molecule has 4 heteroatoms.